The number of hydrogen-bond acceptors (Lipinski definition) is 5. The lowest BCUT2D eigenvalue weighted by atomic mass is 10.0. The summed E-state index contributed by atoms with van der Waals surface area (Å²) in [4.78, 5) is 27.0. The molecule has 0 aliphatic rings. The number of esters is 2. The second kappa shape index (κ2) is 36.4. The predicted octanol–water partition coefficient (Wildman–Crippen LogP) is 12.0. The highest BCUT2D eigenvalue weighted by molar-refractivity contribution is 5.70. The van der Waals surface area contributed by atoms with E-state index in [2.05, 4.69) is 9.47 Å². The molecular weight excluding hydrogens is 548 g/mol. The molecule has 0 rings (SSSR count). The monoisotopic (exact) mass is 695 g/mol. The highest BCUT2D eigenvalue weighted by atomic mass is 16.6. The van der Waals surface area contributed by atoms with Gasteiger partial charge in [-0.2, -0.15) is 0 Å². The van der Waals surface area contributed by atoms with Gasteiger partial charge in [0.15, 0.2) is 6.10 Å². The van der Waals surface area contributed by atoms with E-state index in [1.807, 2.05) is 0 Å². The van der Waals surface area contributed by atoms with Crippen LogP contribution in [0.4, 0.5) is 0 Å². The van der Waals surface area contributed by atoms with Gasteiger partial charge >= 0.3 is 11.9 Å². The fourth-order valence-electron chi connectivity index (χ4n) is 1.49. The molecule has 44 heavy (non-hydrogen) atoms. The van der Waals surface area contributed by atoms with Crippen LogP contribution in [0.2, 0.25) is 0 Å². The Morgan fingerprint density at radius 1 is 0.500 bits per heavy atom. The normalized spacial score (nSPS) is 46.6. The van der Waals surface area contributed by atoms with Crippen molar-refractivity contribution in [2.45, 2.75) is 224 Å². The molecule has 0 spiro atoms. The van der Waals surface area contributed by atoms with Gasteiger partial charge in [0.25, 0.3) is 0 Å². The maximum Gasteiger partial charge on any atom is 0.306 e. The molecule has 0 aliphatic carbocycles. The van der Waals surface area contributed by atoms with Crippen molar-refractivity contribution in [3.8, 4) is 0 Å². The van der Waals surface area contributed by atoms with Gasteiger partial charge in [-0.05, 0) is 12.7 Å². The molecule has 0 aromatic heterocycles. The van der Waals surface area contributed by atoms with Crippen LogP contribution in [0.15, 0.2) is 0 Å². The number of carbonyl (C=O) groups is 2. The second-order valence-electron chi connectivity index (χ2n) is 5.81. The number of aliphatic hydroxyl groups is 1. The van der Waals surface area contributed by atoms with Crippen molar-refractivity contribution in [1.82, 2.24) is 0 Å². The van der Waals surface area contributed by atoms with Crippen LogP contribution in [0.5, 0.6) is 0 Å². The molecule has 5 nitrogen and oxygen atoms in total. The van der Waals surface area contributed by atoms with E-state index in [4.69, 9.17) is 96.0 Å². The van der Waals surface area contributed by atoms with E-state index in [0.29, 0.717) is 0 Å². The Balaban J connectivity index is 7.78. The lowest BCUT2D eigenvalue weighted by molar-refractivity contribution is -0.161. The van der Waals surface area contributed by atoms with Gasteiger partial charge in [0.2, 0.25) is 0 Å². The Hall–Kier alpha value is -1.10. The van der Waals surface area contributed by atoms with Crippen LogP contribution >= 0.6 is 0 Å². The maximum atomic E-state index is 13.5. The molecule has 0 saturated heterocycles. The summed E-state index contributed by atoms with van der Waals surface area (Å²) in [6.45, 7) is -12.7. The second-order valence-corrected chi connectivity index (χ2v) is 5.81. The molecule has 0 amide bonds. The van der Waals surface area contributed by atoms with E-state index in [1.165, 1.54) is 0 Å². The van der Waals surface area contributed by atoms with Crippen LogP contribution in [0.25, 0.3) is 0 Å². The molecule has 1 atom stereocenters. The summed E-state index contributed by atoms with van der Waals surface area (Å²) >= 11 is 0. The first kappa shape index (κ1) is 6.01. The van der Waals surface area contributed by atoms with Crippen LogP contribution in [0, 0.1) is 0 Å². The van der Waals surface area contributed by atoms with Crippen molar-refractivity contribution in [3.63, 3.8) is 0 Å². The van der Waals surface area contributed by atoms with Gasteiger partial charge in [-0.15, -0.1) is 0 Å². The van der Waals surface area contributed by atoms with Crippen molar-refractivity contribution < 1.29 is 120 Å². The summed E-state index contributed by atoms with van der Waals surface area (Å²) < 4.78 is 582. The first-order valence-electron chi connectivity index (χ1n) is 46.0. The smallest absolute Gasteiger partial charge is 0.306 e. The summed E-state index contributed by atoms with van der Waals surface area (Å²) in [6.07, 6.45) is -173. The van der Waals surface area contributed by atoms with Crippen molar-refractivity contribution in [3.05, 3.63) is 0 Å². The molecule has 0 heterocycles. The topological polar surface area (TPSA) is 72.8 Å². The zero-order valence-corrected chi connectivity index (χ0v) is 22.1. The van der Waals surface area contributed by atoms with Gasteiger partial charge in [0.1, 0.15) is 6.61 Å². The zero-order valence-electron chi connectivity index (χ0n) is 92.1. The van der Waals surface area contributed by atoms with E-state index in [9.17, 15) is 14.7 Å². The molecule has 0 aliphatic heterocycles. The van der Waals surface area contributed by atoms with Crippen LogP contribution in [-0.4, -0.2) is 36.4 Å². The average Bonchev–Trinajstić information content (AvgIpc) is 0.678. The number of aliphatic hydroxyl groups excluding tert-OH is 1. The standard InChI is InChI=1S/C39H76O5/c1-3-5-7-9-11-13-15-17-19-21-23-25-27-29-31-33-38(41)43-36-37(35-40)44-39(42)34-32-30-28-26-24-22-20-18-16-14-12-10-8-6-4-2/h37,40H,3-36H2,1-2H3/i1D3,2D3,3D2,4D2,5D2,6D2,7D2,8D2,9D2,10D2,11D2,12D2,13D2,14D2,15D2,16D2,17D2,18D2,19D2,20D2,21D2,22D2,23D2,24D2,25D2,26D2,27D2,28D2,29D2,30D2,31D2,32D2,33D2,34D2. The molecule has 0 saturated carbocycles. The predicted molar refractivity (Wildman–Crippen MR) is 187 cm³/mol. The molecular formula is C39H76O5. The fourth-order valence-corrected chi connectivity index (χ4v) is 1.49. The molecule has 0 aromatic rings. The third kappa shape index (κ3) is 33.8. The maximum absolute atomic E-state index is 13.5. The first-order valence-corrected chi connectivity index (χ1v) is 11.0. The SMILES string of the molecule is [2H]C([2H])([2H])C([2H])([2H])C([2H])([2H])C([2H])([2H])C([2H])([2H])C([2H])([2H])C([2H])([2H])C([2H])([2H])C([2H])([2H])C([2H])([2H])C([2H])([2H])C([2H])([2H])C([2H])([2H])C([2H])([2H])C([2H])([2H])C([2H])([2H])C([2H])([2H])C(=O)OCC(CO)OC(=O)C([2H])([2H])C([2H])([2H])C([2H])([2H])C([2H])([2H])C([2H])([2H])C([2H])([2H])C([2H])([2H])C([2H])([2H])C([2H])([2H])C([2H])([2H])C([2H])([2H])C([2H])([2H])C([2H])([2H])C([2H])([2H])C([2H])([2H])C([2H])([2H])C([2H])([2H])[2H]. The van der Waals surface area contributed by atoms with Gasteiger partial charge in [-0.3, -0.25) is 9.59 Å². The van der Waals surface area contributed by atoms with E-state index in [1.54, 1.807) is 0 Å². The molecule has 1 N–H and O–H groups in total. The number of ether oxygens (including phenoxy) is 2. The van der Waals surface area contributed by atoms with Gasteiger partial charge in [-0.25, -0.2) is 0 Å². The molecule has 0 bridgehead atoms. The van der Waals surface area contributed by atoms with Gasteiger partial charge in [-0.1, -0.05) is 192 Å². The molecule has 0 radical (unpaired) electrons. The third-order valence-corrected chi connectivity index (χ3v) is 2.96. The minimum Gasteiger partial charge on any atom is -0.462 e. The summed E-state index contributed by atoms with van der Waals surface area (Å²) in [5, 5.41) is 10.0. The Morgan fingerprint density at radius 2 is 0.795 bits per heavy atom. The average molecular weight is 695 g/mol. The van der Waals surface area contributed by atoms with E-state index in [-0.39, 0.29) is 0 Å². The summed E-state index contributed by atoms with van der Waals surface area (Å²) in [6, 6.07) is 0. The molecule has 262 valence electrons. The summed E-state index contributed by atoms with van der Waals surface area (Å²) in [5.41, 5.74) is 0. The van der Waals surface area contributed by atoms with E-state index in [0.717, 1.165) is 0 Å². The van der Waals surface area contributed by atoms with Crippen LogP contribution in [0.3, 0.4) is 0 Å². The highest BCUT2D eigenvalue weighted by Crippen LogP contribution is 2.15. The minimum atomic E-state index is -5.57. The van der Waals surface area contributed by atoms with Gasteiger partial charge in [0, 0.05) is 109 Å². The van der Waals surface area contributed by atoms with Crippen LogP contribution in [0.1, 0.15) is 314 Å². The summed E-state index contributed by atoms with van der Waals surface area (Å²) in [7, 11) is 0. The van der Waals surface area contributed by atoms with E-state index >= 15 is 0 Å². The third-order valence-electron chi connectivity index (χ3n) is 2.96. The zero-order chi connectivity index (χ0) is 94.6. The largest absolute Gasteiger partial charge is 0.462 e. The van der Waals surface area contributed by atoms with E-state index < -0.39 is 249 Å². The molecule has 0 aromatic carbocycles. The van der Waals surface area contributed by atoms with Crippen LogP contribution < -0.4 is 0 Å². The lowest BCUT2D eigenvalue weighted by Crippen LogP contribution is -2.28. The van der Waals surface area contributed by atoms with Crippen molar-refractivity contribution in [2.24, 2.45) is 0 Å². The van der Waals surface area contributed by atoms with Gasteiger partial charge < -0.3 is 14.6 Å². The number of hydrogen-bond donors (Lipinski definition) is 1. The Bertz CT molecular complexity index is 3460. The fraction of sp³-hybridized carbons (Fsp3) is 0.949. The highest BCUT2D eigenvalue weighted by Gasteiger charge is 2.16. The number of carbonyl (C=O) groups excluding carboxylic acids is 2. The first-order chi connectivity index (χ1) is 48.0. The van der Waals surface area contributed by atoms with Crippen molar-refractivity contribution in [2.75, 3.05) is 13.2 Å². The molecule has 1 unspecified atom stereocenters. The Kier molecular flexibility index (Phi) is 4.97. The molecule has 5 heteroatoms. The Labute approximate surface area is 372 Å². The number of rotatable bonds is 36. The molecule has 0 fully saturated rings. The van der Waals surface area contributed by atoms with Crippen molar-refractivity contribution in [1.29, 1.82) is 0 Å². The quantitative estimate of drug-likeness (QED) is 0.0661. The van der Waals surface area contributed by atoms with Crippen molar-refractivity contribution >= 4 is 11.9 Å². The van der Waals surface area contributed by atoms with Gasteiger partial charge in [0.05, 0.1) is 6.61 Å². The Morgan fingerprint density at radius 3 is 1.11 bits per heavy atom. The summed E-state index contributed by atoms with van der Waals surface area (Å²) in [5.74, 6) is -6.06. The van der Waals surface area contributed by atoms with Crippen LogP contribution in [-0.2, 0) is 19.1 Å². The lowest BCUT2D eigenvalue weighted by Gasteiger charge is -2.15. The minimum absolute atomic E-state index is 1.99.